The van der Waals surface area contributed by atoms with Gasteiger partial charge in [0.05, 0.1) is 11.4 Å². The summed E-state index contributed by atoms with van der Waals surface area (Å²) in [6, 6.07) is 9.70. The van der Waals surface area contributed by atoms with Crippen molar-refractivity contribution in [1.29, 1.82) is 0 Å². The van der Waals surface area contributed by atoms with Gasteiger partial charge in [0.1, 0.15) is 11.5 Å². The van der Waals surface area contributed by atoms with E-state index in [1.54, 1.807) is 4.68 Å². The van der Waals surface area contributed by atoms with Crippen molar-refractivity contribution in [2.45, 2.75) is 32.6 Å². The number of rotatable bonds is 2. The molecule has 0 amide bonds. The Balaban J connectivity index is 0.00000192. The summed E-state index contributed by atoms with van der Waals surface area (Å²) in [6.45, 7) is 2.81. The Kier molecular flexibility index (Phi) is 5.82. The minimum absolute atomic E-state index is 0. The topological polar surface area (TPSA) is 51.3 Å². The molecule has 0 fully saturated rings. The lowest BCUT2D eigenvalue weighted by atomic mass is 10.2. The molecule has 0 saturated heterocycles. The van der Waals surface area contributed by atoms with Crippen LogP contribution < -0.4 is 10.9 Å². The second-order valence-corrected chi connectivity index (χ2v) is 5.70. The first-order chi connectivity index (χ1) is 10.7. The van der Waals surface area contributed by atoms with Gasteiger partial charge in [-0.15, -0.1) is 17.0 Å². The highest BCUT2D eigenvalue weighted by Gasteiger charge is 2.17. The SMILES string of the molecule is Br.Cc1c(NC2=NCCCCC2)c(=O)n(-c2ccccc2)n1C. The molecule has 1 aromatic carbocycles. The first kappa shape index (κ1) is 17.5. The number of nitrogens with one attached hydrogen (secondary N) is 1. The van der Waals surface area contributed by atoms with Crippen molar-refractivity contribution in [3.05, 3.63) is 46.4 Å². The molecule has 0 spiro atoms. The van der Waals surface area contributed by atoms with Crippen LogP contribution in [-0.2, 0) is 7.05 Å². The predicted octanol–water partition coefficient (Wildman–Crippen LogP) is 3.45. The summed E-state index contributed by atoms with van der Waals surface area (Å²) in [5.41, 5.74) is 2.39. The monoisotopic (exact) mass is 378 g/mol. The molecule has 0 atom stereocenters. The fourth-order valence-electron chi connectivity index (χ4n) is 2.83. The Labute approximate surface area is 146 Å². The van der Waals surface area contributed by atoms with Gasteiger partial charge in [-0.1, -0.05) is 24.6 Å². The Morgan fingerprint density at radius 1 is 1.13 bits per heavy atom. The standard InChI is InChI=1S/C17H22N4O.BrH/c1-13-16(19-15-11-7-4-8-12-18-15)17(22)21(20(13)2)14-9-5-3-6-10-14;/h3,5-6,9-10H,4,7-8,11-12H2,1-2H3,(H,18,19);1H. The van der Waals surface area contributed by atoms with Gasteiger partial charge in [-0.2, -0.15) is 0 Å². The average molecular weight is 379 g/mol. The number of halogens is 1. The Hall–Kier alpha value is -1.82. The molecule has 1 N–H and O–H groups in total. The van der Waals surface area contributed by atoms with Crippen molar-refractivity contribution in [2.75, 3.05) is 11.9 Å². The Bertz CT molecular complexity index is 746. The molecular formula is C17H23BrN4O. The number of aliphatic imine (C=N–C) groups is 1. The van der Waals surface area contributed by atoms with Crippen LogP contribution in [0.5, 0.6) is 0 Å². The summed E-state index contributed by atoms with van der Waals surface area (Å²) in [6.07, 6.45) is 4.38. The molecule has 0 saturated carbocycles. The third-order valence-corrected chi connectivity index (χ3v) is 4.20. The van der Waals surface area contributed by atoms with E-state index in [9.17, 15) is 4.79 Å². The molecule has 0 unspecified atom stereocenters. The zero-order valence-corrected chi connectivity index (χ0v) is 15.3. The molecule has 1 aliphatic rings. The second kappa shape index (κ2) is 7.64. The molecule has 2 heterocycles. The first-order valence-corrected chi connectivity index (χ1v) is 7.83. The molecule has 6 heteroatoms. The molecule has 2 aromatic rings. The van der Waals surface area contributed by atoms with Crippen LogP contribution >= 0.6 is 17.0 Å². The van der Waals surface area contributed by atoms with Crippen LogP contribution in [0.25, 0.3) is 5.69 Å². The van der Waals surface area contributed by atoms with Crippen LogP contribution in [0, 0.1) is 6.92 Å². The van der Waals surface area contributed by atoms with Gasteiger partial charge in [0, 0.05) is 20.0 Å². The average Bonchev–Trinajstić information content (AvgIpc) is 2.73. The van der Waals surface area contributed by atoms with E-state index in [1.807, 2.05) is 49.0 Å². The minimum Gasteiger partial charge on any atom is -0.338 e. The first-order valence-electron chi connectivity index (χ1n) is 7.83. The summed E-state index contributed by atoms with van der Waals surface area (Å²) >= 11 is 0. The predicted molar refractivity (Wildman–Crippen MR) is 100 cm³/mol. The summed E-state index contributed by atoms with van der Waals surface area (Å²) in [4.78, 5) is 17.4. The van der Waals surface area contributed by atoms with Gasteiger partial charge < -0.3 is 5.32 Å². The summed E-state index contributed by atoms with van der Waals surface area (Å²) < 4.78 is 3.58. The van der Waals surface area contributed by atoms with Crippen molar-refractivity contribution in [1.82, 2.24) is 9.36 Å². The van der Waals surface area contributed by atoms with Gasteiger partial charge in [-0.3, -0.25) is 14.5 Å². The van der Waals surface area contributed by atoms with Gasteiger partial charge in [0.2, 0.25) is 0 Å². The number of hydrogen-bond acceptors (Lipinski definition) is 3. The number of nitrogens with zero attached hydrogens (tertiary/aromatic N) is 3. The fourth-order valence-corrected chi connectivity index (χ4v) is 2.83. The van der Waals surface area contributed by atoms with E-state index in [1.165, 1.54) is 6.42 Å². The third-order valence-electron chi connectivity index (χ3n) is 4.20. The quantitative estimate of drug-likeness (QED) is 0.869. The lowest BCUT2D eigenvalue weighted by Crippen LogP contribution is -2.22. The molecule has 3 rings (SSSR count). The highest BCUT2D eigenvalue weighted by Crippen LogP contribution is 2.16. The minimum atomic E-state index is -0.0295. The van der Waals surface area contributed by atoms with Crippen LogP contribution in [0.3, 0.4) is 0 Å². The number of aromatic nitrogens is 2. The van der Waals surface area contributed by atoms with E-state index < -0.39 is 0 Å². The molecule has 124 valence electrons. The van der Waals surface area contributed by atoms with Gasteiger partial charge >= 0.3 is 0 Å². The lowest BCUT2D eigenvalue weighted by molar-refractivity contribution is 0.630. The van der Waals surface area contributed by atoms with E-state index in [0.717, 1.165) is 43.0 Å². The van der Waals surface area contributed by atoms with Crippen LogP contribution in [0.4, 0.5) is 5.69 Å². The van der Waals surface area contributed by atoms with E-state index in [4.69, 9.17) is 0 Å². The smallest absolute Gasteiger partial charge is 0.295 e. The number of benzene rings is 1. The zero-order valence-electron chi connectivity index (χ0n) is 13.6. The van der Waals surface area contributed by atoms with E-state index in [-0.39, 0.29) is 22.5 Å². The molecule has 0 radical (unpaired) electrons. The van der Waals surface area contributed by atoms with Crippen molar-refractivity contribution in [3.8, 4) is 5.69 Å². The molecule has 23 heavy (non-hydrogen) atoms. The zero-order chi connectivity index (χ0) is 15.5. The largest absolute Gasteiger partial charge is 0.338 e. The van der Waals surface area contributed by atoms with Crippen LogP contribution in [0.2, 0.25) is 0 Å². The molecule has 0 aliphatic carbocycles. The number of para-hydroxylation sites is 1. The maximum absolute atomic E-state index is 12.8. The van der Waals surface area contributed by atoms with Gasteiger partial charge in [-0.05, 0) is 31.9 Å². The van der Waals surface area contributed by atoms with Crippen molar-refractivity contribution in [3.63, 3.8) is 0 Å². The number of amidine groups is 1. The van der Waals surface area contributed by atoms with Gasteiger partial charge in [0.15, 0.2) is 0 Å². The van der Waals surface area contributed by atoms with Crippen LogP contribution in [0.1, 0.15) is 31.4 Å². The van der Waals surface area contributed by atoms with E-state index >= 15 is 0 Å². The number of hydrogen-bond donors (Lipinski definition) is 1. The van der Waals surface area contributed by atoms with Crippen LogP contribution in [-0.4, -0.2) is 21.7 Å². The second-order valence-electron chi connectivity index (χ2n) is 5.70. The molecule has 1 aromatic heterocycles. The maximum atomic E-state index is 12.8. The molecular weight excluding hydrogens is 356 g/mol. The maximum Gasteiger partial charge on any atom is 0.295 e. The van der Waals surface area contributed by atoms with Crippen molar-refractivity contribution in [2.24, 2.45) is 12.0 Å². The molecule has 0 bridgehead atoms. The normalized spacial score (nSPS) is 14.6. The third kappa shape index (κ3) is 3.58. The lowest BCUT2D eigenvalue weighted by Gasteiger charge is -2.07. The van der Waals surface area contributed by atoms with Crippen molar-refractivity contribution >= 4 is 28.5 Å². The molecule has 5 nitrogen and oxygen atoms in total. The van der Waals surface area contributed by atoms with Crippen molar-refractivity contribution < 1.29 is 0 Å². The number of anilines is 1. The van der Waals surface area contributed by atoms with Gasteiger partial charge in [0.25, 0.3) is 5.56 Å². The Morgan fingerprint density at radius 2 is 1.87 bits per heavy atom. The van der Waals surface area contributed by atoms with E-state index in [0.29, 0.717) is 5.69 Å². The van der Waals surface area contributed by atoms with Crippen LogP contribution in [0.15, 0.2) is 40.1 Å². The fraction of sp³-hybridized carbons (Fsp3) is 0.412. The van der Waals surface area contributed by atoms with E-state index in [2.05, 4.69) is 10.3 Å². The summed E-state index contributed by atoms with van der Waals surface area (Å²) in [5, 5.41) is 3.28. The molecule has 1 aliphatic heterocycles. The van der Waals surface area contributed by atoms with Gasteiger partial charge in [-0.25, -0.2) is 4.68 Å². The summed E-state index contributed by atoms with van der Waals surface area (Å²) in [7, 11) is 1.91. The highest BCUT2D eigenvalue weighted by molar-refractivity contribution is 8.93. The Morgan fingerprint density at radius 3 is 2.61 bits per heavy atom. The highest BCUT2D eigenvalue weighted by atomic mass is 79.9. The summed E-state index contributed by atoms with van der Waals surface area (Å²) in [5.74, 6) is 0.934.